The highest BCUT2D eigenvalue weighted by Gasteiger charge is 2.09. The molecule has 0 aliphatic heterocycles. The van der Waals surface area contributed by atoms with E-state index < -0.39 is 9.84 Å². The van der Waals surface area contributed by atoms with Crippen LogP contribution in [0.1, 0.15) is 11.1 Å². The Labute approximate surface area is 107 Å². The van der Waals surface area contributed by atoms with Crippen LogP contribution in [0.2, 0.25) is 0 Å². The van der Waals surface area contributed by atoms with Gasteiger partial charge in [-0.25, -0.2) is 8.42 Å². The van der Waals surface area contributed by atoms with Gasteiger partial charge in [-0.2, -0.15) is 0 Å². The van der Waals surface area contributed by atoms with Crippen LogP contribution >= 0.6 is 0 Å². The number of hydrogen-bond donors (Lipinski definition) is 0. The van der Waals surface area contributed by atoms with E-state index in [1.165, 1.54) is 0 Å². The Morgan fingerprint density at radius 1 is 0.889 bits per heavy atom. The Hall–Kier alpha value is -2.05. The second-order valence-electron chi connectivity index (χ2n) is 3.91. The summed E-state index contributed by atoms with van der Waals surface area (Å²) in [4.78, 5) is 0.233. The van der Waals surface area contributed by atoms with Crippen LogP contribution in [0.15, 0.2) is 59.5 Å². The summed E-state index contributed by atoms with van der Waals surface area (Å²) in [5.74, 6) is 2.66. The van der Waals surface area contributed by atoms with E-state index in [2.05, 4.69) is 11.2 Å². The number of hydrogen-bond acceptors (Lipinski definition) is 2. The van der Waals surface area contributed by atoms with Crippen molar-refractivity contribution in [3.63, 3.8) is 0 Å². The standard InChI is InChI=1S/C15H12O2S/c1-13-7-9-15(10-8-13)18(16,17)12-11-14-5-3-2-4-6-14/h2-10H,1H3. The SMILES string of the molecule is Cc1ccc(S(=O)(=O)C#Cc2ccccc2)cc1. The van der Waals surface area contributed by atoms with Gasteiger partial charge in [-0.3, -0.25) is 0 Å². The van der Waals surface area contributed by atoms with E-state index in [1.54, 1.807) is 36.4 Å². The lowest BCUT2D eigenvalue weighted by Crippen LogP contribution is -1.96. The maximum Gasteiger partial charge on any atom is 0.245 e. The molecule has 0 N–H and O–H groups in total. The van der Waals surface area contributed by atoms with Gasteiger partial charge in [0.2, 0.25) is 9.84 Å². The zero-order valence-electron chi connectivity index (χ0n) is 9.92. The fraction of sp³-hybridized carbons (Fsp3) is 0.0667. The molecule has 2 aromatic rings. The minimum Gasteiger partial charge on any atom is -0.210 e. The van der Waals surface area contributed by atoms with Crippen molar-refractivity contribution in [3.05, 3.63) is 65.7 Å². The van der Waals surface area contributed by atoms with E-state index in [0.717, 1.165) is 5.56 Å². The fourth-order valence-corrected chi connectivity index (χ4v) is 2.29. The average Bonchev–Trinajstić information content (AvgIpc) is 2.38. The highest BCUT2D eigenvalue weighted by Crippen LogP contribution is 2.11. The van der Waals surface area contributed by atoms with Crippen LogP contribution in [-0.2, 0) is 9.84 Å². The van der Waals surface area contributed by atoms with E-state index >= 15 is 0 Å². The molecule has 90 valence electrons. The average molecular weight is 256 g/mol. The van der Waals surface area contributed by atoms with Crippen molar-refractivity contribution in [2.45, 2.75) is 11.8 Å². The molecule has 18 heavy (non-hydrogen) atoms. The van der Waals surface area contributed by atoms with Crippen molar-refractivity contribution in [2.75, 3.05) is 0 Å². The molecule has 0 radical (unpaired) electrons. The summed E-state index contributed by atoms with van der Waals surface area (Å²) in [6, 6.07) is 15.7. The minimum atomic E-state index is -3.54. The molecule has 0 aliphatic carbocycles. The van der Waals surface area contributed by atoms with Gasteiger partial charge < -0.3 is 0 Å². The Balaban J connectivity index is 2.34. The molecule has 0 atom stereocenters. The van der Waals surface area contributed by atoms with Gasteiger partial charge in [0, 0.05) is 10.8 Å². The molecular weight excluding hydrogens is 244 g/mol. The maximum atomic E-state index is 11.9. The first-order valence-corrected chi connectivity index (χ1v) is 6.96. The van der Waals surface area contributed by atoms with Crippen LogP contribution < -0.4 is 0 Å². The second kappa shape index (κ2) is 5.07. The fourth-order valence-electron chi connectivity index (χ4n) is 1.42. The molecule has 0 aliphatic rings. The van der Waals surface area contributed by atoms with Crippen LogP contribution in [0.3, 0.4) is 0 Å². The molecule has 0 aromatic heterocycles. The van der Waals surface area contributed by atoms with Crippen molar-refractivity contribution in [1.29, 1.82) is 0 Å². The summed E-state index contributed by atoms with van der Waals surface area (Å²) in [5.41, 5.74) is 1.71. The quantitative estimate of drug-likeness (QED) is 0.735. The van der Waals surface area contributed by atoms with Gasteiger partial charge in [0.1, 0.15) is 0 Å². The van der Waals surface area contributed by atoms with E-state index in [4.69, 9.17) is 0 Å². The Morgan fingerprint density at radius 2 is 1.50 bits per heavy atom. The third-order valence-corrected chi connectivity index (χ3v) is 3.70. The Morgan fingerprint density at radius 3 is 2.11 bits per heavy atom. The number of aryl methyl sites for hydroxylation is 1. The Bertz CT molecular complexity index is 688. The Kier molecular flexibility index (Phi) is 3.50. The van der Waals surface area contributed by atoms with Crippen LogP contribution in [0, 0.1) is 18.1 Å². The third-order valence-electron chi connectivity index (χ3n) is 2.43. The zero-order chi connectivity index (χ0) is 13.0. The monoisotopic (exact) mass is 256 g/mol. The van der Waals surface area contributed by atoms with E-state index in [-0.39, 0.29) is 4.90 Å². The molecule has 2 aromatic carbocycles. The van der Waals surface area contributed by atoms with E-state index in [9.17, 15) is 8.42 Å². The van der Waals surface area contributed by atoms with Crippen LogP contribution in [0.25, 0.3) is 0 Å². The molecular formula is C15H12O2S. The molecule has 2 rings (SSSR count). The lowest BCUT2D eigenvalue weighted by atomic mass is 10.2. The van der Waals surface area contributed by atoms with Gasteiger partial charge in [-0.05, 0) is 37.1 Å². The molecule has 0 unspecified atom stereocenters. The first-order chi connectivity index (χ1) is 8.58. The summed E-state index contributed by atoms with van der Waals surface area (Å²) in [6.45, 7) is 1.91. The summed E-state index contributed by atoms with van der Waals surface area (Å²) in [7, 11) is -3.54. The first-order valence-electron chi connectivity index (χ1n) is 5.47. The van der Waals surface area contributed by atoms with Crippen molar-refractivity contribution in [1.82, 2.24) is 0 Å². The molecule has 0 heterocycles. The van der Waals surface area contributed by atoms with Crippen molar-refractivity contribution in [3.8, 4) is 11.2 Å². The summed E-state index contributed by atoms with van der Waals surface area (Å²) < 4.78 is 23.9. The normalized spacial score (nSPS) is 10.5. The van der Waals surface area contributed by atoms with Crippen LogP contribution in [0.5, 0.6) is 0 Å². The van der Waals surface area contributed by atoms with Crippen LogP contribution in [-0.4, -0.2) is 8.42 Å². The van der Waals surface area contributed by atoms with Crippen molar-refractivity contribution < 1.29 is 8.42 Å². The van der Waals surface area contributed by atoms with Gasteiger partial charge in [0.25, 0.3) is 0 Å². The van der Waals surface area contributed by atoms with Crippen LogP contribution in [0.4, 0.5) is 0 Å². The van der Waals surface area contributed by atoms with Gasteiger partial charge in [0.05, 0.1) is 4.90 Å². The molecule has 0 saturated heterocycles. The summed E-state index contributed by atoms with van der Waals surface area (Å²) >= 11 is 0. The molecule has 0 amide bonds. The number of sulfone groups is 1. The van der Waals surface area contributed by atoms with Gasteiger partial charge in [0.15, 0.2) is 0 Å². The molecule has 3 heteroatoms. The summed E-state index contributed by atoms with van der Waals surface area (Å²) in [5, 5.41) is 2.33. The number of rotatable bonds is 1. The van der Waals surface area contributed by atoms with E-state index in [0.29, 0.717) is 5.56 Å². The highest BCUT2D eigenvalue weighted by atomic mass is 32.2. The third kappa shape index (κ3) is 2.99. The topological polar surface area (TPSA) is 34.1 Å². The zero-order valence-corrected chi connectivity index (χ0v) is 10.7. The number of benzene rings is 2. The molecule has 0 bridgehead atoms. The highest BCUT2D eigenvalue weighted by molar-refractivity contribution is 7.96. The van der Waals surface area contributed by atoms with Gasteiger partial charge >= 0.3 is 0 Å². The van der Waals surface area contributed by atoms with Crippen molar-refractivity contribution in [2.24, 2.45) is 0 Å². The van der Waals surface area contributed by atoms with Gasteiger partial charge in [-0.15, -0.1) is 0 Å². The van der Waals surface area contributed by atoms with E-state index in [1.807, 2.05) is 25.1 Å². The largest absolute Gasteiger partial charge is 0.245 e. The molecule has 0 fully saturated rings. The lowest BCUT2D eigenvalue weighted by Gasteiger charge is -1.97. The molecule has 0 spiro atoms. The van der Waals surface area contributed by atoms with Crippen molar-refractivity contribution >= 4 is 9.84 Å². The predicted octanol–water partition coefficient (Wildman–Crippen LogP) is 2.78. The minimum absolute atomic E-state index is 0.233. The predicted molar refractivity (Wildman–Crippen MR) is 71.7 cm³/mol. The van der Waals surface area contributed by atoms with Gasteiger partial charge in [-0.1, -0.05) is 35.9 Å². The molecule has 2 nitrogen and oxygen atoms in total. The first kappa shape index (κ1) is 12.4. The second-order valence-corrected chi connectivity index (χ2v) is 5.59. The lowest BCUT2D eigenvalue weighted by molar-refractivity contribution is 0.606. The summed E-state index contributed by atoms with van der Waals surface area (Å²) in [6.07, 6.45) is 0. The molecule has 0 saturated carbocycles. The maximum absolute atomic E-state index is 11.9. The smallest absolute Gasteiger partial charge is 0.210 e.